The molecule has 1 saturated heterocycles. The van der Waals surface area contributed by atoms with Crippen LogP contribution < -0.4 is 10.1 Å². The van der Waals surface area contributed by atoms with Crippen LogP contribution in [-0.2, 0) is 0 Å². The first-order valence-electron chi connectivity index (χ1n) is 6.97. The highest BCUT2D eigenvalue weighted by molar-refractivity contribution is 8.07. The molecule has 1 fully saturated rings. The molecule has 0 radical (unpaired) electrons. The third-order valence-electron chi connectivity index (χ3n) is 3.52. The van der Waals surface area contributed by atoms with Gasteiger partial charge in [0.1, 0.15) is 11.6 Å². The summed E-state index contributed by atoms with van der Waals surface area (Å²) in [5.41, 5.74) is 0.932. The van der Waals surface area contributed by atoms with Crippen molar-refractivity contribution in [3.8, 4) is 5.75 Å². The lowest BCUT2D eigenvalue weighted by atomic mass is 10.00. The van der Waals surface area contributed by atoms with Crippen molar-refractivity contribution in [3.63, 3.8) is 0 Å². The lowest BCUT2D eigenvalue weighted by molar-refractivity contribution is 0.395. The Morgan fingerprint density at radius 2 is 2.15 bits per heavy atom. The first kappa shape index (κ1) is 16.0. The summed E-state index contributed by atoms with van der Waals surface area (Å²) < 4.78 is 19.1. The third-order valence-corrected chi connectivity index (χ3v) is 6.71. The number of rotatable bonds is 5. The standard InChI is InChI=1S/C15H22FNOS2/c1-4-17-14(15-10(2)19-7-8-20-15)12-9-11(16)5-6-13(12)18-3/h5-6,9-10,14-15,17H,4,7-8H2,1-3H3. The zero-order valence-electron chi connectivity index (χ0n) is 12.2. The van der Waals surface area contributed by atoms with Gasteiger partial charge in [-0.15, -0.1) is 0 Å². The molecule has 20 heavy (non-hydrogen) atoms. The van der Waals surface area contributed by atoms with Crippen molar-refractivity contribution < 1.29 is 9.13 Å². The second-order valence-corrected chi connectivity index (χ2v) is 7.60. The monoisotopic (exact) mass is 315 g/mol. The van der Waals surface area contributed by atoms with Gasteiger partial charge < -0.3 is 10.1 Å². The fourth-order valence-corrected chi connectivity index (χ4v) is 5.53. The minimum absolute atomic E-state index is 0.124. The molecule has 1 heterocycles. The molecule has 0 aromatic heterocycles. The number of halogens is 1. The van der Waals surface area contributed by atoms with E-state index >= 15 is 0 Å². The lowest BCUT2D eigenvalue weighted by Crippen LogP contribution is -2.38. The maximum atomic E-state index is 13.7. The maximum absolute atomic E-state index is 13.7. The topological polar surface area (TPSA) is 21.3 Å². The van der Waals surface area contributed by atoms with Gasteiger partial charge in [0.15, 0.2) is 0 Å². The van der Waals surface area contributed by atoms with E-state index in [4.69, 9.17) is 4.74 Å². The van der Waals surface area contributed by atoms with Crippen LogP contribution in [0.4, 0.5) is 4.39 Å². The van der Waals surface area contributed by atoms with Gasteiger partial charge in [-0.05, 0) is 24.7 Å². The Hall–Kier alpha value is -0.390. The van der Waals surface area contributed by atoms with Crippen molar-refractivity contribution in [1.82, 2.24) is 5.32 Å². The van der Waals surface area contributed by atoms with E-state index in [1.165, 1.54) is 11.8 Å². The predicted molar refractivity (Wildman–Crippen MR) is 87.5 cm³/mol. The van der Waals surface area contributed by atoms with Gasteiger partial charge in [-0.25, -0.2) is 4.39 Å². The normalized spacial score (nSPS) is 24.4. The molecule has 2 nitrogen and oxygen atoms in total. The molecular formula is C15H22FNOS2. The number of nitrogens with one attached hydrogen (secondary N) is 1. The quantitative estimate of drug-likeness (QED) is 0.893. The fraction of sp³-hybridized carbons (Fsp3) is 0.600. The number of hydrogen-bond acceptors (Lipinski definition) is 4. The van der Waals surface area contributed by atoms with Gasteiger partial charge in [0, 0.05) is 33.6 Å². The van der Waals surface area contributed by atoms with E-state index in [2.05, 4.69) is 19.2 Å². The van der Waals surface area contributed by atoms with Crippen molar-refractivity contribution in [2.24, 2.45) is 0 Å². The average molecular weight is 315 g/mol. The van der Waals surface area contributed by atoms with E-state index in [-0.39, 0.29) is 11.9 Å². The summed E-state index contributed by atoms with van der Waals surface area (Å²) in [5.74, 6) is 2.91. The van der Waals surface area contributed by atoms with Crippen LogP contribution in [0.2, 0.25) is 0 Å². The van der Waals surface area contributed by atoms with Gasteiger partial charge in [0.25, 0.3) is 0 Å². The van der Waals surface area contributed by atoms with Crippen LogP contribution in [-0.4, -0.2) is 35.7 Å². The molecule has 112 valence electrons. The van der Waals surface area contributed by atoms with Crippen LogP contribution in [0.5, 0.6) is 5.75 Å². The highest BCUT2D eigenvalue weighted by Gasteiger charge is 2.32. The Morgan fingerprint density at radius 1 is 1.40 bits per heavy atom. The van der Waals surface area contributed by atoms with Crippen molar-refractivity contribution in [3.05, 3.63) is 29.6 Å². The molecule has 0 aliphatic carbocycles. The number of hydrogen-bond donors (Lipinski definition) is 1. The van der Waals surface area contributed by atoms with E-state index in [1.54, 1.807) is 19.2 Å². The summed E-state index contributed by atoms with van der Waals surface area (Å²) in [4.78, 5) is 0. The Labute approximate surface area is 129 Å². The van der Waals surface area contributed by atoms with Gasteiger partial charge in [-0.2, -0.15) is 23.5 Å². The van der Waals surface area contributed by atoms with E-state index in [0.29, 0.717) is 10.5 Å². The second kappa shape index (κ2) is 7.57. The minimum atomic E-state index is -0.204. The Bertz CT molecular complexity index is 444. The Kier molecular flexibility index (Phi) is 6.05. The average Bonchev–Trinajstić information content (AvgIpc) is 2.46. The molecule has 0 bridgehead atoms. The highest BCUT2D eigenvalue weighted by Crippen LogP contribution is 2.41. The van der Waals surface area contributed by atoms with Gasteiger partial charge in [-0.3, -0.25) is 0 Å². The van der Waals surface area contributed by atoms with Gasteiger partial charge in [0.2, 0.25) is 0 Å². The fourth-order valence-electron chi connectivity index (χ4n) is 2.59. The van der Waals surface area contributed by atoms with Crippen LogP contribution in [0, 0.1) is 5.82 Å². The Balaban J connectivity index is 2.34. The molecule has 1 aromatic rings. The van der Waals surface area contributed by atoms with Crippen LogP contribution >= 0.6 is 23.5 Å². The van der Waals surface area contributed by atoms with E-state index < -0.39 is 0 Å². The number of ether oxygens (including phenoxy) is 1. The minimum Gasteiger partial charge on any atom is -0.496 e. The SMILES string of the molecule is CCNC(c1cc(F)ccc1OC)C1SCCSC1C. The van der Waals surface area contributed by atoms with Crippen molar-refractivity contribution >= 4 is 23.5 Å². The molecule has 3 unspecified atom stereocenters. The molecule has 1 aliphatic heterocycles. The molecule has 3 atom stereocenters. The molecule has 0 saturated carbocycles. The highest BCUT2D eigenvalue weighted by atomic mass is 32.2. The number of thioether (sulfide) groups is 2. The molecule has 5 heteroatoms. The van der Waals surface area contributed by atoms with Crippen molar-refractivity contribution in [1.29, 1.82) is 0 Å². The molecule has 0 spiro atoms. The Morgan fingerprint density at radius 3 is 2.80 bits per heavy atom. The van der Waals surface area contributed by atoms with Crippen LogP contribution in [0.25, 0.3) is 0 Å². The predicted octanol–water partition coefficient (Wildman–Crippen LogP) is 3.72. The van der Waals surface area contributed by atoms with Crippen LogP contribution in [0.3, 0.4) is 0 Å². The third kappa shape index (κ3) is 3.62. The molecule has 1 N–H and O–H groups in total. The van der Waals surface area contributed by atoms with Crippen molar-refractivity contribution in [2.45, 2.75) is 30.4 Å². The van der Waals surface area contributed by atoms with Crippen LogP contribution in [0.1, 0.15) is 25.5 Å². The van der Waals surface area contributed by atoms with Gasteiger partial charge >= 0.3 is 0 Å². The summed E-state index contributed by atoms with van der Waals surface area (Å²) in [6, 6.07) is 4.91. The number of benzene rings is 1. The lowest BCUT2D eigenvalue weighted by Gasteiger charge is -2.35. The van der Waals surface area contributed by atoms with Gasteiger partial charge in [0.05, 0.1) is 7.11 Å². The first-order chi connectivity index (χ1) is 9.67. The van der Waals surface area contributed by atoms with E-state index in [9.17, 15) is 4.39 Å². The maximum Gasteiger partial charge on any atom is 0.123 e. The number of methoxy groups -OCH3 is 1. The van der Waals surface area contributed by atoms with E-state index in [1.807, 2.05) is 23.5 Å². The molecule has 2 rings (SSSR count). The smallest absolute Gasteiger partial charge is 0.123 e. The second-order valence-electron chi connectivity index (χ2n) is 4.83. The molecule has 1 aromatic carbocycles. The first-order valence-corrected chi connectivity index (χ1v) is 9.07. The summed E-state index contributed by atoms with van der Waals surface area (Å²) in [5, 5.41) is 4.50. The van der Waals surface area contributed by atoms with E-state index in [0.717, 1.165) is 23.6 Å². The molecular weight excluding hydrogens is 293 g/mol. The summed E-state index contributed by atoms with van der Waals surface area (Å²) in [6.45, 7) is 5.21. The van der Waals surface area contributed by atoms with Crippen molar-refractivity contribution in [2.75, 3.05) is 25.2 Å². The summed E-state index contributed by atoms with van der Waals surface area (Å²) in [7, 11) is 1.64. The summed E-state index contributed by atoms with van der Waals surface area (Å²) in [6.07, 6.45) is 0. The molecule has 1 aliphatic rings. The van der Waals surface area contributed by atoms with Crippen LogP contribution in [0.15, 0.2) is 18.2 Å². The van der Waals surface area contributed by atoms with Gasteiger partial charge in [-0.1, -0.05) is 13.8 Å². The largest absolute Gasteiger partial charge is 0.496 e. The zero-order valence-corrected chi connectivity index (χ0v) is 13.8. The zero-order chi connectivity index (χ0) is 14.5. The molecule has 0 amide bonds. The summed E-state index contributed by atoms with van der Waals surface area (Å²) >= 11 is 3.98.